The Morgan fingerprint density at radius 1 is 0.962 bits per heavy atom. The lowest BCUT2D eigenvalue weighted by Crippen LogP contribution is -2.48. The van der Waals surface area contributed by atoms with Crippen molar-refractivity contribution in [3.63, 3.8) is 0 Å². The number of amides is 5. The van der Waals surface area contributed by atoms with Crippen LogP contribution in [0.5, 0.6) is 11.5 Å². The number of aliphatic hydroxyl groups excluding tert-OH is 1. The summed E-state index contributed by atoms with van der Waals surface area (Å²) < 4.78 is 17.9. The van der Waals surface area contributed by atoms with E-state index in [0.717, 1.165) is 35.7 Å². The number of fused-ring (bicyclic) bond motifs is 2. The predicted octanol–water partition coefficient (Wildman–Crippen LogP) is 7.45. The summed E-state index contributed by atoms with van der Waals surface area (Å²) in [4.78, 5) is 44.1. The Morgan fingerprint density at radius 2 is 1.68 bits per heavy atom. The molecule has 0 unspecified atom stereocenters. The number of rotatable bonds is 8. The largest absolute Gasteiger partial charge is 0.497 e. The summed E-state index contributed by atoms with van der Waals surface area (Å²) in [7, 11) is 3.30. The van der Waals surface area contributed by atoms with Gasteiger partial charge < -0.3 is 45.1 Å². The molecule has 1 aliphatic heterocycles. The molecule has 4 aromatic carbocycles. The average molecular weight is 726 g/mol. The number of anilines is 3. The minimum absolute atomic E-state index is 0.205. The third-order valence-electron chi connectivity index (χ3n) is 9.49. The zero-order chi connectivity index (χ0) is 37.9. The van der Waals surface area contributed by atoms with Crippen molar-refractivity contribution in [1.82, 2.24) is 9.80 Å². The van der Waals surface area contributed by atoms with Crippen LogP contribution in [0, 0.1) is 5.92 Å². The number of aliphatic hydroxyl groups is 1. The SMILES string of the molecule is COc1ccc(NC(=O)Nc2ccc3c(c2)C(=O)N([C@@H](C)CO)C[C@@H](C)[C@H](CN(C)C(=O)Nc2cccc4ccccc24)OCCCC[C@@H](C)O3)cc1. The monoisotopic (exact) mass is 725 g/mol. The maximum absolute atomic E-state index is 14.5. The van der Waals surface area contributed by atoms with Crippen molar-refractivity contribution < 1.29 is 33.7 Å². The number of hydrogen-bond donors (Lipinski definition) is 4. The van der Waals surface area contributed by atoms with Crippen molar-refractivity contribution in [3.05, 3.63) is 90.5 Å². The van der Waals surface area contributed by atoms with Crippen LogP contribution in [0.15, 0.2) is 84.9 Å². The zero-order valence-electron chi connectivity index (χ0n) is 31.1. The Hall–Kier alpha value is -5.33. The fraction of sp³-hybridized carbons (Fsp3) is 0.390. The molecule has 12 nitrogen and oxygen atoms in total. The average Bonchev–Trinajstić information content (AvgIpc) is 3.16. The molecule has 0 aliphatic carbocycles. The molecule has 0 saturated carbocycles. The molecule has 5 rings (SSSR count). The standard InChI is InChI=1S/C41H51N5O7/c1-27-24-46(28(2)26-47)39(48)35-23-32(43-40(49)42-31-16-19-33(51-5)20-17-31)18-21-37(35)53-29(3)11-8-9-22-52-38(27)25-45(4)41(50)44-36-15-10-13-30-12-6-7-14-34(30)36/h6-7,10,12-21,23,27-29,38,47H,8-9,11,22,24-26H2,1-5H3,(H,44,50)(H2,42,43,49)/t27-,28+,29-,38+/m1/s1. The van der Waals surface area contributed by atoms with E-state index >= 15 is 0 Å². The lowest BCUT2D eigenvalue weighted by Gasteiger charge is -2.35. The van der Waals surface area contributed by atoms with Gasteiger partial charge in [0.05, 0.1) is 43.2 Å². The Morgan fingerprint density at radius 3 is 2.43 bits per heavy atom. The van der Waals surface area contributed by atoms with Gasteiger partial charge in [-0.05, 0) is 87.0 Å². The number of ether oxygens (including phenoxy) is 3. The van der Waals surface area contributed by atoms with Crippen molar-refractivity contribution >= 4 is 45.8 Å². The highest BCUT2D eigenvalue weighted by atomic mass is 16.5. The van der Waals surface area contributed by atoms with Crippen molar-refractivity contribution in [2.24, 2.45) is 5.92 Å². The molecule has 12 heteroatoms. The van der Waals surface area contributed by atoms with Gasteiger partial charge in [0, 0.05) is 49.4 Å². The number of nitrogens with zero attached hydrogens (tertiary/aromatic N) is 2. The van der Waals surface area contributed by atoms with Gasteiger partial charge in [0.2, 0.25) is 0 Å². The Kier molecular flexibility index (Phi) is 13.5. The normalized spacial score (nSPS) is 18.9. The molecule has 0 aromatic heterocycles. The van der Waals surface area contributed by atoms with E-state index in [9.17, 15) is 19.5 Å². The molecule has 1 aliphatic rings. The van der Waals surface area contributed by atoms with E-state index in [2.05, 4.69) is 16.0 Å². The van der Waals surface area contributed by atoms with Gasteiger partial charge in [-0.25, -0.2) is 9.59 Å². The highest BCUT2D eigenvalue weighted by molar-refractivity contribution is 6.03. The smallest absolute Gasteiger partial charge is 0.323 e. The molecule has 0 saturated heterocycles. The number of urea groups is 2. The fourth-order valence-electron chi connectivity index (χ4n) is 6.33. The van der Waals surface area contributed by atoms with E-state index in [0.29, 0.717) is 29.5 Å². The molecule has 0 bridgehead atoms. The van der Waals surface area contributed by atoms with Gasteiger partial charge in [0.15, 0.2) is 0 Å². The van der Waals surface area contributed by atoms with Crippen LogP contribution in [-0.2, 0) is 4.74 Å². The lowest BCUT2D eigenvalue weighted by molar-refractivity contribution is -0.0115. The van der Waals surface area contributed by atoms with Crippen molar-refractivity contribution in [1.29, 1.82) is 0 Å². The topological polar surface area (TPSA) is 142 Å². The number of carbonyl (C=O) groups is 3. The summed E-state index contributed by atoms with van der Waals surface area (Å²) >= 11 is 0. The molecule has 4 aromatic rings. The first kappa shape index (κ1) is 38.9. The van der Waals surface area contributed by atoms with Gasteiger partial charge >= 0.3 is 12.1 Å². The van der Waals surface area contributed by atoms with Crippen molar-refractivity contribution in [2.75, 3.05) is 56.4 Å². The summed E-state index contributed by atoms with van der Waals surface area (Å²) in [6.45, 7) is 6.44. The second-order valence-corrected chi connectivity index (χ2v) is 13.7. The van der Waals surface area contributed by atoms with Crippen LogP contribution in [0.4, 0.5) is 26.7 Å². The maximum atomic E-state index is 14.5. The molecular weight excluding hydrogens is 674 g/mol. The third kappa shape index (κ3) is 10.4. The number of benzene rings is 4. The van der Waals surface area contributed by atoms with E-state index in [1.54, 1.807) is 73.3 Å². The van der Waals surface area contributed by atoms with Crippen LogP contribution in [-0.4, -0.2) is 91.6 Å². The number of hydrogen-bond acceptors (Lipinski definition) is 7. The van der Waals surface area contributed by atoms with Crippen molar-refractivity contribution in [2.45, 2.75) is 58.3 Å². The van der Waals surface area contributed by atoms with E-state index in [1.165, 1.54) is 0 Å². The molecule has 282 valence electrons. The number of nitrogens with one attached hydrogen (secondary N) is 3. The van der Waals surface area contributed by atoms with Gasteiger partial charge in [0.1, 0.15) is 11.5 Å². The van der Waals surface area contributed by atoms with Gasteiger partial charge in [-0.1, -0.05) is 43.3 Å². The maximum Gasteiger partial charge on any atom is 0.323 e. The van der Waals surface area contributed by atoms with Crippen LogP contribution in [0.1, 0.15) is 50.4 Å². The Labute approximate surface area is 311 Å². The van der Waals surface area contributed by atoms with Gasteiger partial charge in [-0.3, -0.25) is 4.79 Å². The van der Waals surface area contributed by atoms with Crippen LogP contribution in [0.25, 0.3) is 10.8 Å². The molecule has 4 N–H and O–H groups in total. The number of carbonyl (C=O) groups excluding carboxylic acids is 3. The summed E-state index contributed by atoms with van der Waals surface area (Å²) in [5.74, 6) is 0.459. The molecule has 0 radical (unpaired) electrons. The molecule has 5 amide bonds. The minimum Gasteiger partial charge on any atom is -0.497 e. The van der Waals surface area contributed by atoms with Gasteiger partial charge in [0.25, 0.3) is 5.91 Å². The summed E-state index contributed by atoms with van der Waals surface area (Å²) in [5, 5.41) is 20.9. The van der Waals surface area contributed by atoms with Crippen LogP contribution in [0.3, 0.4) is 0 Å². The zero-order valence-corrected chi connectivity index (χ0v) is 31.1. The van der Waals surface area contributed by atoms with Crippen LogP contribution < -0.4 is 25.4 Å². The van der Waals surface area contributed by atoms with Crippen molar-refractivity contribution in [3.8, 4) is 11.5 Å². The molecule has 4 atom stereocenters. The van der Waals surface area contributed by atoms with Crippen LogP contribution in [0.2, 0.25) is 0 Å². The molecule has 0 spiro atoms. The van der Waals surface area contributed by atoms with E-state index in [1.807, 2.05) is 56.3 Å². The quantitative estimate of drug-likeness (QED) is 0.148. The summed E-state index contributed by atoms with van der Waals surface area (Å²) in [5.41, 5.74) is 1.94. The number of likely N-dealkylation sites (N-methyl/N-ethyl adjacent to an activating group) is 1. The first-order valence-corrected chi connectivity index (χ1v) is 18.1. The van der Waals surface area contributed by atoms with Crippen LogP contribution >= 0.6 is 0 Å². The highest BCUT2D eigenvalue weighted by Gasteiger charge is 2.31. The first-order chi connectivity index (χ1) is 25.6. The molecular formula is C41H51N5O7. The van der Waals surface area contributed by atoms with Gasteiger partial charge in [-0.2, -0.15) is 0 Å². The summed E-state index contributed by atoms with van der Waals surface area (Å²) in [6, 6.07) is 24.3. The highest BCUT2D eigenvalue weighted by Crippen LogP contribution is 2.29. The Balaban J connectivity index is 1.36. The van der Waals surface area contributed by atoms with E-state index < -0.39 is 18.2 Å². The lowest BCUT2D eigenvalue weighted by atomic mass is 10.0. The summed E-state index contributed by atoms with van der Waals surface area (Å²) in [6.07, 6.45) is 1.74. The predicted molar refractivity (Wildman–Crippen MR) is 208 cm³/mol. The molecule has 53 heavy (non-hydrogen) atoms. The third-order valence-corrected chi connectivity index (χ3v) is 9.49. The van der Waals surface area contributed by atoms with E-state index in [-0.39, 0.29) is 49.2 Å². The fourth-order valence-corrected chi connectivity index (χ4v) is 6.33. The Bertz CT molecular complexity index is 1850. The first-order valence-electron chi connectivity index (χ1n) is 18.1. The van der Waals surface area contributed by atoms with Gasteiger partial charge in [-0.15, -0.1) is 0 Å². The number of methoxy groups -OCH3 is 1. The minimum atomic E-state index is -0.550. The molecule has 1 heterocycles. The van der Waals surface area contributed by atoms with E-state index in [4.69, 9.17) is 14.2 Å². The molecule has 0 fully saturated rings. The second kappa shape index (κ2) is 18.4. The second-order valence-electron chi connectivity index (χ2n) is 13.7.